The SMILES string of the molecule is C=C(C)[C@]12C[C@@H](C)[C@@]34O[C@](Cc5ccccc5)(O[C@@H]1[C@@H]3C=C(COC(=O)Cc1ccccc1)C[C@]1(O)C(=O)C(C)=C[C@@H]41)O2. The van der Waals surface area contributed by atoms with E-state index >= 15 is 0 Å². The highest BCUT2D eigenvalue weighted by Crippen LogP contribution is 2.68. The molecule has 3 fully saturated rings. The van der Waals surface area contributed by atoms with Crippen LogP contribution in [0.1, 0.15) is 44.7 Å². The Hall–Kier alpha value is -3.36. The van der Waals surface area contributed by atoms with Gasteiger partial charge in [0.05, 0.1) is 18.4 Å². The molecule has 7 heteroatoms. The fourth-order valence-electron chi connectivity index (χ4n) is 8.48. The van der Waals surface area contributed by atoms with Crippen LogP contribution in [0.3, 0.4) is 0 Å². The number of benzene rings is 2. The van der Waals surface area contributed by atoms with Gasteiger partial charge in [-0.3, -0.25) is 9.59 Å². The maximum atomic E-state index is 13.7. The van der Waals surface area contributed by atoms with Crippen molar-refractivity contribution in [3.63, 3.8) is 0 Å². The number of rotatable bonds is 7. The van der Waals surface area contributed by atoms with E-state index < -0.39 is 40.7 Å². The van der Waals surface area contributed by atoms with E-state index in [4.69, 9.17) is 18.9 Å². The van der Waals surface area contributed by atoms with Crippen molar-refractivity contribution in [1.82, 2.24) is 0 Å². The van der Waals surface area contributed by atoms with Crippen LogP contribution >= 0.6 is 0 Å². The van der Waals surface area contributed by atoms with Crippen molar-refractivity contribution in [2.24, 2.45) is 17.8 Å². The van der Waals surface area contributed by atoms with Gasteiger partial charge in [-0.15, -0.1) is 0 Å². The molecule has 2 aromatic carbocycles. The second-order valence-electron chi connectivity index (χ2n) is 13.1. The lowest BCUT2D eigenvalue weighted by molar-refractivity contribution is -0.421. The highest BCUT2D eigenvalue weighted by Gasteiger charge is 2.79. The average Bonchev–Trinajstić information content (AvgIpc) is 3.28. The van der Waals surface area contributed by atoms with E-state index in [9.17, 15) is 14.7 Å². The van der Waals surface area contributed by atoms with Gasteiger partial charge in [-0.25, -0.2) is 0 Å². The summed E-state index contributed by atoms with van der Waals surface area (Å²) in [5, 5.41) is 12.3. The van der Waals surface area contributed by atoms with Gasteiger partial charge in [0.2, 0.25) is 0 Å². The van der Waals surface area contributed by atoms with Crippen LogP contribution in [0, 0.1) is 17.8 Å². The molecule has 2 aliphatic heterocycles. The van der Waals surface area contributed by atoms with Crippen LogP contribution in [0.5, 0.6) is 0 Å². The molecule has 2 saturated heterocycles. The van der Waals surface area contributed by atoms with Crippen molar-refractivity contribution >= 4 is 11.8 Å². The Morgan fingerprint density at radius 3 is 2.40 bits per heavy atom. The van der Waals surface area contributed by atoms with E-state index in [1.54, 1.807) is 6.92 Å². The van der Waals surface area contributed by atoms with E-state index in [2.05, 4.69) is 13.5 Å². The maximum Gasteiger partial charge on any atom is 0.310 e. The fraction of sp³-hybridized carbons (Fsp3) is 0.444. The Balaban J connectivity index is 1.31. The van der Waals surface area contributed by atoms with Crippen molar-refractivity contribution in [3.05, 3.63) is 107 Å². The van der Waals surface area contributed by atoms with Crippen molar-refractivity contribution < 1.29 is 33.6 Å². The monoisotopic (exact) mass is 582 g/mol. The predicted octanol–water partition coefficient (Wildman–Crippen LogP) is 5.03. The van der Waals surface area contributed by atoms with Gasteiger partial charge >= 0.3 is 5.97 Å². The molecule has 0 spiro atoms. The molecule has 7 rings (SSSR count). The third kappa shape index (κ3) is 4.16. The van der Waals surface area contributed by atoms with Crippen LogP contribution in [-0.4, -0.2) is 52.3 Å². The zero-order valence-electron chi connectivity index (χ0n) is 24.9. The zero-order valence-corrected chi connectivity index (χ0v) is 24.9. The molecular formula is C36H38O7. The average molecular weight is 583 g/mol. The van der Waals surface area contributed by atoms with Crippen molar-refractivity contribution in [2.45, 2.75) is 75.3 Å². The van der Waals surface area contributed by atoms with Gasteiger partial charge in [0.15, 0.2) is 5.78 Å². The minimum absolute atomic E-state index is 0.0383. The summed E-state index contributed by atoms with van der Waals surface area (Å²) in [6.07, 6.45) is 4.53. The molecular weight excluding hydrogens is 544 g/mol. The zero-order chi connectivity index (χ0) is 30.2. The van der Waals surface area contributed by atoms with Crippen LogP contribution in [0.2, 0.25) is 0 Å². The molecule has 1 saturated carbocycles. The minimum atomic E-state index is -1.75. The van der Waals surface area contributed by atoms with Crippen LogP contribution in [-0.2, 0) is 41.4 Å². The van der Waals surface area contributed by atoms with Crippen molar-refractivity contribution in [1.29, 1.82) is 0 Å². The molecule has 7 nitrogen and oxygen atoms in total. The molecule has 1 N–H and O–H groups in total. The molecule has 3 aliphatic carbocycles. The minimum Gasteiger partial charge on any atom is -0.461 e. The summed E-state index contributed by atoms with van der Waals surface area (Å²) in [7, 11) is 0. The second kappa shape index (κ2) is 9.83. The molecule has 2 aromatic rings. The first-order valence-electron chi connectivity index (χ1n) is 15.1. The van der Waals surface area contributed by atoms with Gasteiger partial charge in [0.1, 0.15) is 23.9 Å². The number of esters is 1. The number of fused-ring (bicyclic) bond motifs is 2. The van der Waals surface area contributed by atoms with E-state index in [0.717, 1.165) is 16.7 Å². The summed E-state index contributed by atoms with van der Waals surface area (Å²) in [4.78, 5) is 26.6. The first-order chi connectivity index (χ1) is 20.5. The molecule has 0 radical (unpaired) electrons. The lowest BCUT2D eigenvalue weighted by Gasteiger charge is -2.59. The van der Waals surface area contributed by atoms with Crippen molar-refractivity contribution in [3.8, 4) is 0 Å². The van der Waals surface area contributed by atoms with E-state index in [1.807, 2.05) is 79.7 Å². The molecule has 224 valence electrons. The highest BCUT2D eigenvalue weighted by atomic mass is 16.9. The molecule has 0 amide bonds. The van der Waals surface area contributed by atoms with Crippen molar-refractivity contribution in [2.75, 3.05) is 6.61 Å². The molecule has 0 aromatic heterocycles. The number of Topliss-reactive ketones (excluding diaryl/α,β-unsaturated/α-hetero) is 1. The summed E-state index contributed by atoms with van der Waals surface area (Å²) in [6.45, 7) is 10.1. The topological polar surface area (TPSA) is 91.3 Å². The maximum absolute atomic E-state index is 13.7. The standard InChI is InChI=1S/C36H38O7/c1-22(2)34-18-24(4)36-28(32(34)41-35(42-34,43-36)20-26-13-9-6-10-14-26)16-27(19-33(39)29(36)15-23(3)31(33)38)21-40-30(37)17-25-11-7-5-8-12-25/h5-16,24,28-29,32,39H,1,17-21H2,2-4H3/t24-,28+,29-,32-,33-,34-,35-,36-/m1/s1. The molecule has 0 unspecified atom stereocenters. The van der Waals surface area contributed by atoms with Crippen LogP contribution in [0.4, 0.5) is 0 Å². The van der Waals surface area contributed by atoms with Gasteiger partial charge in [-0.05, 0) is 54.0 Å². The van der Waals surface area contributed by atoms with E-state index in [-0.39, 0.29) is 37.1 Å². The van der Waals surface area contributed by atoms with Gasteiger partial charge in [-0.1, -0.05) is 86.3 Å². The molecule has 2 heterocycles. The number of aliphatic hydroxyl groups is 1. The first-order valence-corrected chi connectivity index (χ1v) is 15.1. The Labute approximate surface area is 252 Å². The number of hydrogen-bond donors (Lipinski definition) is 1. The summed E-state index contributed by atoms with van der Waals surface area (Å²) in [5.74, 6) is -3.28. The largest absolute Gasteiger partial charge is 0.461 e. The Bertz CT molecular complexity index is 1550. The second-order valence-corrected chi connectivity index (χ2v) is 13.1. The number of ketones is 1. The Kier molecular flexibility index (Phi) is 6.49. The fourth-order valence-corrected chi connectivity index (χ4v) is 8.48. The molecule has 43 heavy (non-hydrogen) atoms. The predicted molar refractivity (Wildman–Crippen MR) is 158 cm³/mol. The van der Waals surface area contributed by atoms with E-state index in [1.165, 1.54) is 0 Å². The number of carbonyl (C=O) groups is 2. The third-order valence-corrected chi connectivity index (χ3v) is 10.3. The van der Waals surface area contributed by atoms with Gasteiger partial charge in [-0.2, -0.15) is 0 Å². The summed E-state index contributed by atoms with van der Waals surface area (Å²) in [5.41, 5.74) is 0.270. The molecule has 3 bridgehead atoms. The summed E-state index contributed by atoms with van der Waals surface area (Å²) in [6, 6.07) is 19.3. The normalized spacial score (nSPS) is 38.9. The lowest BCUT2D eigenvalue weighted by Crippen LogP contribution is -2.70. The van der Waals surface area contributed by atoms with Crippen LogP contribution in [0.15, 0.2) is 96.1 Å². The first kappa shape index (κ1) is 28.4. The van der Waals surface area contributed by atoms with Crippen LogP contribution < -0.4 is 0 Å². The molecule has 8 atom stereocenters. The molecule has 5 aliphatic rings. The number of carbonyl (C=O) groups excluding carboxylic acids is 2. The quantitative estimate of drug-likeness (QED) is 0.362. The lowest BCUT2D eigenvalue weighted by atomic mass is 9.55. The van der Waals surface area contributed by atoms with Gasteiger partial charge < -0.3 is 24.1 Å². The summed E-state index contributed by atoms with van der Waals surface area (Å²) < 4.78 is 26.6. The van der Waals surface area contributed by atoms with Crippen LogP contribution in [0.25, 0.3) is 0 Å². The summed E-state index contributed by atoms with van der Waals surface area (Å²) >= 11 is 0. The third-order valence-electron chi connectivity index (χ3n) is 10.3. The van der Waals surface area contributed by atoms with Gasteiger partial charge in [0.25, 0.3) is 5.97 Å². The number of ether oxygens (including phenoxy) is 4. The smallest absolute Gasteiger partial charge is 0.310 e. The highest BCUT2D eigenvalue weighted by molar-refractivity contribution is 6.04. The van der Waals surface area contributed by atoms with Gasteiger partial charge in [0, 0.05) is 18.3 Å². The Morgan fingerprint density at radius 1 is 1.05 bits per heavy atom. The van der Waals surface area contributed by atoms with E-state index in [0.29, 0.717) is 24.0 Å². The number of hydrogen-bond acceptors (Lipinski definition) is 7. The Morgan fingerprint density at radius 2 is 1.72 bits per heavy atom.